The van der Waals surface area contributed by atoms with Crippen LogP contribution < -0.4 is 5.32 Å². The minimum atomic E-state index is -0.873. The average Bonchev–Trinajstić information content (AvgIpc) is 2.92. The molecule has 0 bridgehead atoms. The van der Waals surface area contributed by atoms with Gasteiger partial charge in [0, 0.05) is 50.9 Å². The summed E-state index contributed by atoms with van der Waals surface area (Å²) < 4.78 is 0. The van der Waals surface area contributed by atoms with Crippen LogP contribution in [0.3, 0.4) is 0 Å². The van der Waals surface area contributed by atoms with Crippen molar-refractivity contribution in [2.75, 3.05) is 26.7 Å². The summed E-state index contributed by atoms with van der Waals surface area (Å²) in [5.41, 5.74) is 3.57. The molecule has 3 aromatic rings. The van der Waals surface area contributed by atoms with Crippen molar-refractivity contribution in [1.82, 2.24) is 15.1 Å². The Bertz CT molecular complexity index is 1240. The van der Waals surface area contributed by atoms with Gasteiger partial charge in [-0.25, -0.2) is 0 Å². The van der Waals surface area contributed by atoms with E-state index in [2.05, 4.69) is 60.5 Å². The summed E-state index contributed by atoms with van der Waals surface area (Å²) in [4.78, 5) is 17.6. The molecule has 0 spiro atoms. The molecule has 214 valence electrons. The van der Waals surface area contributed by atoms with Gasteiger partial charge in [0.15, 0.2) is 0 Å². The summed E-state index contributed by atoms with van der Waals surface area (Å²) in [5.74, 6) is -0.0220. The van der Waals surface area contributed by atoms with Crippen molar-refractivity contribution < 1.29 is 20.1 Å². The molecule has 0 unspecified atom stereocenters. The number of aliphatic hydroxyl groups excluding tert-OH is 1. The fourth-order valence-corrected chi connectivity index (χ4v) is 5.53. The predicted octanol–water partition coefficient (Wildman–Crippen LogP) is 4.41. The van der Waals surface area contributed by atoms with Crippen molar-refractivity contribution in [1.29, 1.82) is 0 Å². The lowest BCUT2D eigenvalue weighted by Gasteiger charge is -2.37. The number of nitrogens with one attached hydrogen (secondary N) is 1. The lowest BCUT2D eigenvalue weighted by atomic mass is 9.93. The van der Waals surface area contributed by atoms with E-state index in [0.29, 0.717) is 18.4 Å². The maximum absolute atomic E-state index is 13.2. The van der Waals surface area contributed by atoms with Crippen LogP contribution in [0.15, 0.2) is 72.8 Å². The lowest BCUT2D eigenvalue weighted by Crippen LogP contribution is -2.45. The van der Waals surface area contributed by atoms with Crippen molar-refractivity contribution in [2.24, 2.45) is 0 Å². The molecule has 0 aliphatic carbocycles. The zero-order chi connectivity index (χ0) is 28.7. The van der Waals surface area contributed by atoms with E-state index in [-0.39, 0.29) is 35.5 Å². The highest BCUT2D eigenvalue weighted by molar-refractivity contribution is 5.78. The number of phenols is 2. The third-order valence-electron chi connectivity index (χ3n) is 7.82. The molecule has 40 heavy (non-hydrogen) atoms. The van der Waals surface area contributed by atoms with E-state index in [9.17, 15) is 20.1 Å². The van der Waals surface area contributed by atoms with Crippen LogP contribution in [-0.4, -0.2) is 69.3 Å². The van der Waals surface area contributed by atoms with Gasteiger partial charge in [-0.15, -0.1) is 0 Å². The molecule has 1 heterocycles. The molecule has 1 aliphatic rings. The molecule has 1 fully saturated rings. The van der Waals surface area contributed by atoms with Crippen LogP contribution in [0.2, 0.25) is 0 Å². The summed E-state index contributed by atoms with van der Waals surface area (Å²) in [6.07, 6.45) is 2.19. The van der Waals surface area contributed by atoms with Crippen LogP contribution in [0.4, 0.5) is 0 Å². The SMILES string of the molecule is CN(C(=O)Cc1cccc(CC(C)(C)NC[C@H](O)c2cc(O)cc(O)c2)c1)C1CCN(Cc2ccccc2)CC1. The second-order valence-electron chi connectivity index (χ2n) is 11.7. The first kappa shape index (κ1) is 29.6. The van der Waals surface area contributed by atoms with E-state index in [0.717, 1.165) is 43.6 Å². The van der Waals surface area contributed by atoms with Gasteiger partial charge in [-0.3, -0.25) is 9.69 Å². The zero-order valence-corrected chi connectivity index (χ0v) is 23.9. The van der Waals surface area contributed by atoms with E-state index in [1.165, 1.54) is 23.8 Å². The first-order chi connectivity index (χ1) is 19.1. The average molecular weight is 546 g/mol. The number of hydrogen-bond acceptors (Lipinski definition) is 6. The number of aromatic hydroxyl groups is 2. The number of amides is 1. The molecule has 3 aromatic carbocycles. The van der Waals surface area contributed by atoms with Gasteiger partial charge in [-0.05, 0) is 67.5 Å². The summed E-state index contributed by atoms with van der Waals surface area (Å²) >= 11 is 0. The number of hydrogen-bond donors (Lipinski definition) is 4. The fraction of sp³-hybridized carbons (Fsp3) is 0.424. The first-order valence-electron chi connectivity index (χ1n) is 14.1. The molecule has 1 amide bonds. The molecule has 1 saturated heterocycles. The number of rotatable bonds is 11. The molecule has 0 saturated carbocycles. The summed E-state index contributed by atoms with van der Waals surface area (Å²) in [6.45, 7) is 7.35. The minimum Gasteiger partial charge on any atom is -0.508 e. The number of β-amino-alcohol motifs (C(OH)–C–C–N with tert-alkyl or cyclic N) is 1. The number of carbonyl (C=O) groups excluding carboxylic acids is 1. The highest BCUT2D eigenvalue weighted by Crippen LogP contribution is 2.25. The monoisotopic (exact) mass is 545 g/mol. The Balaban J connectivity index is 1.26. The van der Waals surface area contributed by atoms with Gasteiger partial charge in [-0.2, -0.15) is 0 Å². The van der Waals surface area contributed by atoms with Crippen LogP contribution in [0.5, 0.6) is 11.5 Å². The largest absolute Gasteiger partial charge is 0.508 e. The predicted molar refractivity (Wildman–Crippen MR) is 158 cm³/mol. The Morgan fingerprint density at radius 2 is 1.57 bits per heavy atom. The molecular formula is C33H43N3O4. The number of benzene rings is 3. The molecule has 0 radical (unpaired) electrons. The van der Waals surface area contributed by atoms with Crippen LogP contribution in [-0.2, 0) is 24.2 Å². The van der Waals surface area contributed by atoms with E-state index in [1.807, 2.05) is 30.1 Å². The third-order valence-corrected chi connectivity index (χ3v) is 7.82. The second-order valence-corrected chi connectivity index (χ2v) is 11.7. The maximum Gasteiger partial charge on any atom is 0.226 e. The highest BCUT2D eigenvalue weighted by atomic mass is 16.3. The molecule has 1 aliphatic heterocycles. The third kappa shape index (κ3) is 8.55. The van der Waals surface area contributed by atoms with E-state index in [1.54, 1.807) is 0 Å². The zero-order valence-electron chi connectivity index (χ0n) is 23.9. The molecule has 4 rings (SSSR count). The quantitative estimate of drug-likeness (QED) is 0.285. The topological polar surface area (TPSA) is 96.3 Å². The number of piperidine rings is 1. The molecule has 7 heteroatoms. The van der Waals surface area contributed by atoms with Gasteiger partial charge in [0.25, 0.3) is 0 Å². The number of likely N-dealkylation sites (tertiary alicyclic amines) is 1. The maximum atomic E-state index is 13.2. The molecule has 7 nitrogen and oxygen atoms in total. The van der Waals surface area contributed by atoms with Gasteiger partial charge in [0.2, 0.25) is 5.91 Å². The summed E-state index contributed by atoms with van der Waals surface area (Å²) in [5, 5.41) is 33.3. The van der Waals surface area contributed by atoms with Crippen molar-refractivity contribution in [2.45, 2.75) is 63.8 Å². The molecule has 4 N–H and O–H groups in total. The van der Waals surface area contributed by atoms with Crippen molar-refractivity contribution >= 4 is 5.91 Å². The first-order valence-corrected chi connectivity index (χ1v) is 14.1. The Morgan fingerprint density at radius 1 is 0.950 bits per heavy atom. The Morgan fingerprint density at radius 3 is 2.25 bits per heavy atom. The lowest BCUT2D eigenvalue weighted by molar-refractivity contribution is -0.132. The van der Waals surface area contributed by atoms with Crippen LogP contribution in [0.1, 0.15) is 55.0 Å². The smallest absolute Gasteiger partial charge is 0.226 e. The van der Waals surface area contributed by atoms with Crippen molar-refractivity contribution in [3.8, 4) is 11.5 Å². The van der Waals surface area contributed by atoms with Gasteiger partial charge in [-0.1, -0.05) is 54.6 Å². The van der Waals surface area contributed by atoms with Crippen LogP contribution in [0, 0.1) is 0 Å². The number of carbonyl (C=O) groups is 1. The Kier molecular flexibility index (Phi) is 9.85. The summed E-state index contributed by atoms with van der Waals surface area (Å²) in [6, 6.07) is 23.1. The number of aliphatic hydroxyl groups is 1. The van der Waals surface area contributed by atoms with Crippen molar-refractivity contribution in [3.63, 3.8) is 0 Å². The van der Waals surface area contributed by atoms with Crippen LogP contribution in [0.25, 0.3) is 0 Å². The normalized spacial score (nSPS) is 15.6. The number of nitrogens with zero attached hydrogens (tertiary/aromatic N) is 2. The van der Waals surface area contributed by atoms with Gasteiger partial charge < -0.3 is 25.5 Å². The number of phenolic OH excluding ortho intramolecular Hbond substituents is 2. The molecular weight excluding hydrogens is 502 g/mol. The molecule has 1 atom stereocenters. The Hall–Kier alpha value is -3.39. The minimum absolute atomic E-state index is 0.0844. The Labute approximate surface area is 238 Å². The standard InChI is InChI=1S/C33H43N3O4/c1-33(2,34-22-31(39)27-18-29(37)20-30(38)19-27)21-26-11-7-10-25(16-26)17-32(40)35(3)28-12-14-36(15-13-28)23-24-8-5-4-6-9-24/h4-11,16,18-20,28,31,34,37-39H,12-15,17,21-23H2,1-3H3/t31-/m0/s1. The van der Waals surface area contributed by atoms with E-state index in [4.69, 9.17) is 0 Å². The van der Waals surface area contributed by atoms with E-state index < -0.39 is 6.10 Å². The second kappa shape index (κ2) is 13.3. The number of likely N-dealkylation sites (N-methyl/N-ethyl adjacent to an activating group) is 1. The molecule has 0 aromatic heterocycles. The van der Waals surface area contributed by atoms with Crippen LogP contribution >= 0.6 is 0 Å². The highest BCUT2D eigenvalue weighted by Gasteiger charge is 2.26. The van der Waals surface area contributed by atoms with Gasteiger partial charge in [0.1, 0.15) is 11.5 Å². The van der Waals surface area contributed by atoms with E-state index >= 15 is 0 Å². The summed E-state index contributed by atoms with van der Waals surface area (Å²) in [7, 11) is 1.94. The van der Waals surface area contributed by atoms with Crippen molar-refractivity contribution in [3.05, 3.63) is 95.1 Å². The van der Waals surface area contributed by atoms with Gasteiger partial charge in [0.05, 0.1) is 12.5 Å². The van der Waals surface area contributed by atoms with Gasteiger partial charge >= 0.3 is 0 Å². The fourth-order valence-electron chi connectivity index (χ4n) is 5.53.